The van der Waals surface area contributed by atoms with Gasteiger partial charge in [-0.05, 0) is 70.9 Å². The molecule has 0 aliphatic heterocycles. The Balaban J connectivity index is 1.13. The van der Waals surface area contributed by atoms with Crippen molar-refractivity contribution in [3.05, 3.63) is 180 Å². The average molecular weight is 658 g/mol. The van der Waals surface area contributed by atoms with Crippen LogP contribution in [0.4, 0.5) is 0 Å². The molecule has 7 aromatic carbocycles. The van der Waals surface area contributed by atoms with E-state index in [-0.39, 0.29) is 0 Å². The summed E-state index contributed by atoms with van der Waals surface area (Å²) in [5, 5.41) is 4.03. The van der Waals surface area contributed by atoms with Gasteiger partial charge in [-0.3, -0.25) is 4.99 Å². The Labute approximate surface area is 294 Å². The monoisotopic (exact) mass is 657 g/mol. The van der Waals surface area contributed by atoms with E-state index in [9.17, 15) is 0 Å². The van der Waals surface area contributed by atoms with Crippen molar-refractivity contribution in [3.8, 4) is 22.3 Å². The molecule has 5 heteroatoms. The van der Waals surface area contributed by atoms with Crippen molar-refractivity contribution in [1.82, 2.24) is 0 Å². The molecule has 0 saturated heterocycles. The Morgan fingerprint density at radius 3 is 1.88 bits per heavy atom. The van der Waals surface area contributed by atoms with E-state index in [1.54, 1.807) is 0 Å². The lowest BCUT2D eigenvalue weighted by Gasteiger charge is -2.07. The molecule has 9 rings (SSSR count). The predicted octanol–water partition coefficient (Wildman–Crippen LogP) is 11.9. The highest BCUT2D eigenvalue weighted by Crippen LogP contribution is 2.36. The molecule has 5 nitrogen and oxygen atoms in total. The topological polar surface area (TPSA) is 63.4 Å². The Morgan fingerprint density at radius 1 is 0.471 bits per heavy atom. The Kier molecular flexibility index (Phi) is 7.63. The number of furan rings is 2. The van der Waals surface area contributed by atoms with E-state index in [4.69, 9.17) is 18.8 Å². The highest BCUT2D eigenvalue weighted by molar-refractivity contribution is 6.22. The maximum atomic E-state index is 6.46. The normalized spacial score (nSPS) is 12.3. The molecule has 0 spiro atoms. The summed E-state index contributed by atoms with van der Waals surface area (Å²) < 4.78 is 12.7. The number of hydrogen-bond donors (Lipinski definition) is 0. The number of aliphatic imine (C=N–C) groups is 3. The van der Waals surface area contributed by atoms with E-state index in [0.29, 0.717) is 18.2 Å². The smallest absolute Gasteiger partial charge is 0.161 e. The van der Waals surface area contributed by atoms with Gasteiger partial charge in [0.25, 0.3) is 0 Å². The standard InChI is InChI=1S/C46H31N3O2/c1-47-46(49-45(48-29-30-11-4-2-5-12-30)35-24-25-37-36-15-8-9-17-40(36)50-42(37)28-35)39-16-10-18-41-44(39)38-26-23-34(27-43(38)51-41)33-21-19-32(20-22-33)31-13-6-3-7-14-31/h2-28H,1,29H2/b48-45-,49-46-. The summed E-state index contributed by atoms with van der Waals surface area (Å²) in [6.45, 7) is 4.40. The SMILES string of the molecule is C=N/C(=N\C(=N/Cc1ccccc1)c1ccc2c(c1)oc1ccccc12)c1cccc2oc3cc(-c4ccc(-c5ccccc5)cc4)ccc3c12. The minimum absolute atomic E-state index is 0.455. The van der Waals surface area contributed by atoms with Gasteiger partial charge in [0, 0.05) is 32.7 Å². The molecule has 0 N–H and O–H groups in total. The molecule has 0 bridgehead atoms. The fraction of sp³-hybridized carbons (Fsp3) is 0.0217. The molecule has 0 saturated carbocycles. The van der Waals surface area contributed by atoms with Crippen LogP contribution in [0.15, 0.2) is 188 Å². The molecule has 0 atom stereocenters. The summed E-state index contributed by atoms with van der Waals surface area (Å²) in [5.41, 5.74) is 10.5. The second kappa shape index (κ2) is 12.9. The Morgan fingerprint density at radius 2 is 1.08 bits per heavy atom. The fourth-order valence-corrected chi connectivity index (χ4v) is 6.76. The first-order valence-electron chi connectivity index (χ1n) is 16.9. The summed E-state index contributed by atoms with van der Waals surface area (Å²) >= 11 is 0. The summed E-state index contributed by atoms with van der Waals surface area (Å²) in [4.78, 5) is 14.6. The minimum Gasteiger partial charge on any atom is -0.456 e. The van der Waals surface area contributed by atoms with E-state index < -0.39 is 0 Å². The van der Waals surface area contributed by atoms with Crippen LogP contribution < -0.4 is 0 Å². The van der Waals surface area contributed by atoms with Crippen molar-refractivity contribution in [1.29, 1.82) is 0 Å². The Hall–Kier alpha value is -6.85. The molecule has 242 valence electrons. The number of fused-ring (bicyclic) bond motifs is 6. The number of para-hydroxylation sites is 1. The molecule has 0 aliphatic rings. The van der Waals surface area contributed by atoms with Gasteiger partial charge in [0.1, 0.15) is 22.3 Å². The van der Waals surface area contributed by atoms with Crippen LogP contribution in [0, 0.1) is 0 Å². The third kappa shape index (κ3) is 5.71. The first-order valence-corrected chi connectivity index (χ1v) is 16.9. The van der Waals surface area contributed by atoms with Gasteiger partial charge in [0.15, 0.2) is 11.7 Å². The number of hydrogen-bond acceptors (Lipinski definition) is 3. The lowest BCUT2D eigenvalue weighted by Crippen LogP contribution is -2.06. The first kappa shape index (κ1) is 30.2. The third-order valence-electron chi connectivity index (χ3n) is 9.32. The lowest BCUT2D eigenvalue weighted by molar-refractivity contribution is 0.668. The molecule has 9 aromatic rings. The van der Waals surface area contributed by atoms with Crippen LogP contribution in [-0.2, 0) is 6.54 Å². The molecule has 0 aliphatic carbocycles. The molecule has 0 fully saturated rings. The summed E-state index contributed by atoms with van der Waals surface area (Å²) in [6.07, 6.45) is 0. The molecule has 2 aromatic heterocycles. The van der Waals surface area contributed by atoms with Gasteiger partial charge in [-0.25, -0.2) is 9.98 Å². The van der Waals surface area contributed by atoms with Crippen LogP contribution in [0.25, 0.3) is 66.1 Å². The third-order valence-corrected chi connectivity index (χ3v) is 9.32. The van der Waals surface area contributed by atoms with Gasteiger partial charge in [0.05, 0.1) is 6.54 Å². The van der Waals surface area contributed by atoms with Crippen molar-refractivity contribution in [2.45, 2.75) is 6.54 Å². The van der Waals surface area contributed by atoms with E-state index >= 15 is 0 Å². The zero-order valence-electron chi connectivity index (χ0n) is 27.7. The van der Waals surface area contributed by atoms with E-state index in [1.807, 2.05) is 72.8 Å². The van der Waals surface area contributed by atoms with Crippen LogP contribution in [0.5, 0.6) is 0 Å². The highest BCUT2D eigenvalue weighted by atomic mass is 16.3. The molecule has 0 amide bonds. The van der Waals surface area contributed by atoms with E-state index in [0.717, 1.165) is 71.7 Å². The number of nitrogens with zero attached hydrogens (tertiary/aromatic N) is 3. The molecule has 0 unspecified atom stereocenters. The van der Waals surface area contributed by atoms with Gasteiger partial charge in [-0.15, -0.1) is 0 Å². The largest absolute Gasteiger partial charge is 0.456 e. The van der Waals surface area contributed by atoms with Crippen LogP contribution in [-0.4, -0.2) is 18.4 Å². The summed E-state index contributed by atoms with van der Waals surface area (Å²) in [7, 11) is 0. The van der Waals surface area contributed by atoms with Crippen molar-refractivity contribution < 1.29 is 8.83 Å². The second-order valence-corrected chi connectivity index (χ2v) is 12.5. The van der Waals surface area contributed by atoms with Gasteiger partial charge < -0.3 is 8.83 Å². The molecular weight excluding hydrogens is 627 g/mol. The predicted molar refractivity (Wildman–Crippen MR) is 211 cm³/mol. The number of amidine groups is 2. The molecule has 2 heterocycles. The number of rotatable bonds is 6. The van der Waals surface area contributed by atoms with Crippen molar-refractivity contribution in [2.75, 3.05) is 0 Å². The van der Waals surface area contributed by atoms with Gasteiger partial charge in [0.2, 0.25) is 0 Å². The summed E-state index contributed by atoms with van der Waals surface area (Å²) in [5.74, 6) is 0.995. The van der Waals surface area contributed by atoms with Crippen molar-refractivity contribution >= 4 is 62.3 Å². The van der Waals surface area contributed by atoms with Gasteiger partial charge >= 0.3 is 0 Å². The van der Waals surface area contributed by atoms with Crippen LogP contribution >= 0.6 is 0 Å². The lowest BCUT2D eigenvalue weighted by atomic mass is 9.99. The van der Waals surface area contributed by atoms with Crippen LogP contribution in [0.1, 0.15) is 16.7 Å². The van der Waals surface area contributed by atoms with Gasteiger partial charge in [-0.1, -0.05) is 127 Å². The van der Waals surface area contributed by atoms with E-state index in [1.165, 1.54) is 11.1 Å². The summed E-state index contributed by atoms with van der Waals surface area (Å²) in [6, 6.07) is 55.7. The van der Waals surface area contributed by atoms with Crippen LogP contribution in [0.3, 0.4) is 0 Å². The first-order chi connectivity index (χ1) is 25.2. The quantitative estimate of drug-likeness (QED) is 0.132. The molecular formula is C46H31N3O2. The molecule has 51 heavy (non-hydrogen) atoms. The zero-order chi connectivity index (χ0) is 34.1. The zero-order valence-corrected chi connectivity index (χ0v) is 27.7. The van der Waals surface area contributed by atoms with Crippen molar-refractivity contribution in [2.24, 2.45) is 15.0 Å². The minimum atomic E-state index is 0.455. The maximum absolute atomic E-state index is 6.46. The van der Waals surface area contributed by atoms with E-state index in [2.05, 4.69) is 103 Å². The van der Waals surface area contributed by atoms with Gasteiger partial charge in [-0.2, -0.15) is 0 Å². The Bertz CT molecular complexity index is 2770. The van der Waals surface area contributed by atoms with Crippen LogP contribution in [0.2, 0.25) is 0 Å². The highest BCUT2D eigenvalue weighted by Gasteiger charge is 2.17. The second-order valence-electron chi connectivity index (χ2n) is 12.5. The van der Waals surface area contributed by atoms with Crippen molar-refractivity contribution in [3.63, 3.8) is 0 Å². The fourth-order valence-electron chi connectivity index (χ4n) is 6.76. The average Bonchev–Trinajstić information content (AvgIpc) is 3.76. The number of benzene rings is 7. The maximum Gasteiger partial charge on any atom is 0.161 e. The molecule has 0 radical (unpaired) electrons.